The number of likely N-dealkylation sites (N-methyl/N-ethyl adjacent to an activating group) is 1. The second-order valence-corrected chi connectivity index (χ2v) is 6.72. The third-order valence-electron chi connectivity index (χ3n) is 4.44. The number of rotatable bonds is 7. The van der Waals surface area contributed by atoms with Crippen molar-refractivity contribution in [3.05, 3.63) is 59.4 Å². The molecule has 0 aliphatic heterocycles. The van der Waals surface area contributed by atoms with Gasteiger partial charge in [-0.1, -0.05) is 18.2 Å². The van der Waals surface area contributed by atoms with Gasteiger partial charge in [-0.3, -0.25) is 4.98 Å². The van der Waals surface area contributed by atoms with E-state index >= 15 is 0 Å². The summed E-state index contributed by atoms with van der Waals surface area (Å²) in [6, 6.07) is 12.2. The molecule has 0 aliphatic rings. The van der Waals surface area contributed by atoms with Crippen LogP contribution in [0.2, 0.25) is 0 Å². The van der Waals surface area contributed by atoms with Crippen molar-refractivity contribution in [1.82, 2.24) is 14.9 Å². The molecule has 0 unspecified atom stereocenters. The first-order valence-corrected chi connectivity index (χ1v) is 8.87. The van der Waals surface area contributed by atoms with Crippen molar-refractivity contribution in [2.24, 2.45) is 0 Å². The van der Waals surface area contributed by atoms with Crippen molar-refractivity contribution in [3.8, 4) is 5.88 Å². The fourth-order valence-electron chi connectivity index (χ4n) is 2.82. The van der Waals surface area contributed by atoms with Gasteiger partial charge in [0.2, 0.25) is 5.88 Å². The number of nitrogens with zero attached hydrogens (tertiary/aromatic N) is 3. The molecule has 1 aromatic carbocycles. The molecule has 2 aromatic heterocycles. The van der Waals surface area contributed by atoms with Gasteiger partial charge in [-0.25, -0.2) is 4.98 Å². The Hall–Kier alpha value is -2.66. The summed E-state index contributed by atoms with van der Waals surface area (Å²) < 4.78 is 5.73. The Kier molecular flexibility index (Phi) is 5.68. The number of aryl methyl sites for hydroxylation is 1. The van der Waals surface area contributed by atoms with Crippen LogP contribution in [-0.4, -0.2) is 42.1 Å². The lowest BCUT2D eigenvalue weighted by Crippen LogP contribution is -2.19. The van der Waals surface area contributed by atoms with E-state index in [-0.39, 0.29) is 0 Å². The molecule has 0 saturated heterocycles. The van der Waals surface area contributed by atoms with Gasteiger partial charge in [0.1, 0.15) is 6.61 Å². The van der Waals surface area contributed by atoms with Crippen LogP contribution in [0.3, 0.4) is 0 Å². The van der Waals surface area contributed by atoms with Crippen LogP contribution in [0, 0.1) is 13.8 Å². The quantitative estimate of drug-likeness (QED) is 0.702. The number of benzene rings is 1. The van der Waals surface area contributed by atoms with Crippen LogP contribution in [0.15, 0.2) is 42.6 Å². The maximum Gasteiger partial charge on any atom is 0.213 e. The van der Waals surface area contributed by atoms with Crippen LogP contribution in [0.1, 0.15) is 16.8 Å². The summed E-state index contributed by atoms with van der Waals surface area (Å²) in [5.41, 5.74) is 5.52. The normalized spacial score (nSPS) is 11.1. The molecule has 1 N–H and O–H groups in total. The van der Waals surface area contributed by atoms with Crippen LogP contribution in [0.5, 0.6) is 5.88 Å². The van der Waals surface area contributed by atoms with Crippen LogP contribution >= 0.6 is 0 Å². The number of hydrogen-bond acceptors (Lipinski definition) is 5. The third kappa shape index (κ3) is 4.29. The zero-order chi connectivity index (χ0) is 18.5. The Morgan fingerprint density at radius 1 is 1.12 bits per heavy atom. The Morgan fingerprint density at radius 3 is 2.73 bits per heavy atom. The first kappa shape index (κ1) is 18.1. The average Bonchev–Trinajstić information content (AvgIpc) is 2.62. The molecule has 2 heterocycles. The maximum absolute atomic E-state index is 5.73. The van der Waals surface area contributed by atoms with Gasteiger partial charge in [-0.2, -0.15) is 0 Å². The highest BCUT2D eigenvalue weighted by Crippen LogP contribution is 2.28. The van der Waals surface area contributed by atoms with Crippen molar-refractivity contribution in [1.29, 1.82) is 0 Å². The van der Waals surface area contributed by atoms with Gasteiger partial charge < -0.3 is 15.0 Å². The summed E-state index contributed by atoms with van der Waals surface area (Å²) in [4.78, 5) is 11.1. The lowest BCUT2D eigenvalue weighted by molar-refractivity contribution is 0.253. The number of hydrogen-bond donors (Lipinski definition) is 1. The minimum Gasteiger partial charge on any atom is -0.476 e. The van der Waals surface area contributed by atoms with Crippen molar-refractivity contribution in [2.45, 2.75) is 20.4 Å². The zero-order valence-electron chi connectivity index (χ0n) is 15.9. The molecular formula is C21H26N4O. The number of para-hydroxylation sites is 1. The predicted octanol–water partition coefficient (Wildman–Crippen LogP) is 3.80. The lowest BCUT2D eigenvalue weighted by atomic mass is 10.1. The van der Waals surface area contributed by atoms with Crippen molar-refractivity contribution >= 4 is 16.6 Å². The molecule has 0 atom stereocenters. The van der Waals surface area contributed by atoms with Gasteiger partial charge in [0.05, 0.1) is 5.52 Å². The standard InChI is InChI=1S/C21H26N4O/c1-15-16(2)24-19-8-6-5-7-18(19)21(15)23-14-17-9-10-22-20(13-17)26-12-11-25(3)4/h5-10,13H,11-12,14H2,1-4H3,(H,23,24). The Bertz CT molecular complexity index is 892. The van der Waals surface area contributed by atoms with Crippen molar-refractivity contribution in [2.75, 3.05) is 32.6 Å². The summed E-state index contributed by atoms with van der Waals surface area (Å²) in [5, 5.41) is 4.73. The number of ether oxygens (including phenoxy) is 1. The van der Waals surface area contributed by atoms with E-state index in [0.717, 1.165) is 34.4 Å². The van der Waals surface area contributed by atoms with E-state index in [1.165, 1.54) is 5.56 Å². The van der Waals surface area contributed by atoms with Gasteiger partial charge >= 0.3 is 0 Å². The third-order valence-corrected chi connectivity index (χ3v) is 4.44. The number of fused-ring (bicyclic) bond motifs is 1. The van der Waals surface area contributed by atoms with Crippen LogP contribution in [0.25, 0.3) is 10.9 Å². The summed E-state index contributed by atoms with van der Waals surface area (Å²) in [6.45, 7) is 6.37. The average molecular weight is 350 g/mol. The second-order valence-electron chi connectivity index (χ2n) is 6.72. The fraction of sp³-hybridized carbons (Fsp3) is 0.333. The highest BCUT2D eigenvalue weighted by Gasteiger charge is 2.09. The highest BCUT2D eigenvalue weighted by atomic mass is 16.5. The summed E-state index contributed by atoms with van der Waals surface area (Å²) >= 11 is 0. The molecule has 0 fully saturated rings. The molecule has 0 aliphatic carbocycles. The Morgan fingerprint density at radius 2 is 1.92 bits per heavy atom. The highest BCUT2D eigenvalue weighted by molar-refractivity contribution is 5.93. The molecule has 0 spiro atoms. The smallest absolute Gasteiger partial charge is 0.213 e. The minimum absolute atomic E-state index is 0.629. The van der Waals surface area contributed by atoms with E-state index < -0.39 is 0 Å². The molecule has 26 heavy (non-hydrogen) atoms. The van der Waals surface area contributed by atoms with E-state index in [4.69, 9.17) is 4.74 Å². The zero-order valence-corrected chi connectivity index (χ0v) is 15.9. The largest absolute Gasteiger partial charge is 0.476 e. The van der Waals surface area contributed by atoms with Gasteiger partial charge in [0, 0.05) is 42.1 Å². The van der Waals surface area contributed by atoms with E-state index in [1.54, 1.807) is 6.20 Å². The molecule has 0 bridgehead atoms. The minimum atomic E-state index is 0.629. The molecule has 136 valence electrons. The van der Waals surface area contributed by atoms with Crippen LogP contribution in [0.4, 0.5) is 5.69 Å². The number of aromatic nitrogens is 2. The number of nitrogens with one attached hydrogen (secondary N) is 1. The van der Waals surface area contributed by atoms with Gasteiger partial charge in [0.25, 0.3) is 0 Å². The Balaban J connectivity index is 1.75. The first-order chi connectivity index (χ1) is 12.5. The van der Waals surface area contributed by atoms with Crippen molar-refractivity contribution < 1.29 is 4.74 Å². The Labute approximate surface area is 155 Å². The molecule has 0 amide bonds. The molecule has 3 aromatic rings. The van der Waals surface area contributed by atoms with Gasteiger partial charge in [0.15, 0.2) is 0 Å². The summed E-state index contributed by atoms with van der Waals surface area (Å²) in [7, 11) is 4.06. The van der Waals surface area contributed by atoms with E-state index in [9.17, 15) is 0 Å². The summed E-state index contributed by atoms with van der Waals surface area (Å²) in [6.07, 6.45) is 1.80. The molecule has 0 radical (unpaired) electrons. The maximum atomic E-state index is 5.73. The van der Waals surface area contributed by atoms with Crippen LogP contribution in [-0.2, 0) is 6.54 Å². The summed E-state index contributed by atoms with van der Waals surface area (Å²) in [5.74, 6) is 0.665. The molecule has 5 heteroatoms. The van der Waals surface area contributed by atoms with Crippen molar-refractivity contribution in [3.63, 3.8) is 0 Å². The number of pyridine rings is 2. The number of anilines is 1. The molecular weight excluding hydrogens is 324 g/mol. The molecule has 0 saturated carbocycles. The van der Waals surface area contributed by atoms with Gasteiger partial charge in [-0.15, -0.1) is 0 Å². The topological polar surface area (TPSA) is 50.3 Å². The predicted molar refractivity (Wildman–Crippen MR) is 107 cm³/mol. The SMILES string of the molecule is Cc1nc2ccccc2c(NCc2ccnc(OCCN(C)C)c2)c1C. The van der Waals surface area contributed by atoms with E-state index in [2.05, 4.69) is 46.2 Å². The van der Waals surface area contributed by atoms with Crippen LogP contribution < -0.4 is 10.1 Å². The van der Waals surface area contributed by atoms with E-state index in [1.807, 2.05) is 38.4 Å². The molecule has 5 nitrogen and oxygen atoms in total. The molecule has 3 rings (SSSR count). The second kappa shape index (κ2) is 8.15. The van der Waals surface area contributed by atoms with Gasteiger partial charge in [-0.05, 0) is 51.2 Å². The fourth-order valence-corrected chi connectivity index (χ4v) is 2.82. The van der Waals surface area contributed by atoms with E-state index in [0.29, 0.717) is 19.0 Å². The first-order valence-electron chi connectivity index (χ1n) is 8.87. The lowest BCUT2D eigenvalue weighted by Gasteiger charge is -2.15. The monoisotopic (exact) mass is 350 g/mol.